The molecule has 6 nitrogen and oxygen atoms in total. The van der Waals surface area contributed by atoms with Gasteiger partial charge in [-0.15, -0.1) is 0 Å². The molecular weight excluding hydrogens is 973 g/mol. The van der Waals surface area contributed by atoms with E-state index in [1.54, 1.807) is 0 Å². The fourth-order valence-electron chi connectivity index (χ4n) is 11.1. The summed E-state index contributed by atoms with van der Waals surface area (Å²) in [7, 11) is 0. The largest absolute Gasteiger partial charge is 0.462 e. The van der Waals surface area contributed by atoms with Crippen molar-refractivity contribution < 1.29 is 28.6 Å². The zero-order chi connectivity index (χ0) is 57.1. The average Bonchev–Trinajstić information content (AvgIpc) is 3.45. The van der Waals surface area contributed by atoms with E-state index in [4.69, 9.17) is 14.2 Å². The first kappa shape index (κ1) is 76.9. The molecular formula is C73H138O6. The third-order valence-corrected chi connectivity index (χ3v) is 16.5. The van der Waals surface area contributed by atoms with Crippen molar-refractivity contribution in [3.8, 4) is 0 Å². The van der Waals surface area contributed by atoms with Gasteiger partial charge in [0.05, 0.1) is 0 Å². The normalized spacial score (nSPS) is 12.1. The lowest BCUT2D eigenvalue weighted by Gasteiger charge is -2.18. The van der Waals surface area contributed by atoms with Gasteiger partial charge in [-0.25, -0.2) is 0 Å². The van der Waals surface area contributed by atoms with Crippen LogP contribution in [-0.2, 0) is 28.6 Å². The number of unbranched alkanes of at least 4 members (excludes halogenated alkanes) is 52. The van der Waals surface area contributed by atoms with Gasteiger partial charge >= 0.3 is 17.9 Å². The van der Waals surface area contributed by atoms with Crippen LogP contribution in [0.25, 0.3) is 0 Å². The van der Waals surface area contributed by atoms with Crippen LogP contribution in [0.4, 0.5) is 0 Å². The van der Waals surface area contributed by atoms with Gasteiger partial charge in [-0.1, -0.05) is 360 Å². The molecule has 466 valence electrons. The number of rotatable bonds is 67. The van der Waals surface area contributed by atoms with Gasteiger partial charge in [0.1, 0.15) is 13.2 Å². The highest BCUT2D eigenvalue weighted by Gasteiger charge is 2.19. The third kappa shape index (κ3) is 66.6. The first-order chi connectivity index (χ1) is 39.0. The van der Waals surface area contributed by atoms with E-state index < -0.39 is 6.10 Å². The number of hydrogen-bond donors (Lipinski definition) is 0. The topological polar surface area (TPSA) is 78.9 Å². The van der Waals surface area contributed by atoms with Crippen LogP contribution in [-0.4, -0.2) is 37.2 Å². The Kier molecular flexibility index (Phi) is 66.6. The van der Waals surface area contributed by atoms with E-state index in [1.165, 1.54) is 302 Å². The molecule has 0 aromatic carbocycles. The van der Waals surface area contributed by atoms with E-state index in [9.17, 15) is 14.4 Å². The maximum absolute atomic E-state index is 12.9. The van der Waals surface area contributed by atoms with Gasteiger partial charge in [-0.3, -0.25) is 14.4 Å². The van der Waals surface area contributed by atoms with Crippen LogP contribution in [0.5, 0.6) is 0 Å². The molecule has 0 aliphatic heterocycles. The number of hydrogen-bond acceptors (Lipinski definition) is 6. The van der Waals surface area contributed by atoms with E-state index in [-0.39, 0.29) is 31.1 Å². The molecule has 0 heterocycles. The van der Waals surface area contributed by atoms with Crippen LogP contribution < -0.4 is 0 Å². The van der Waals surface area contributed by atoms with Crippen LogP contribution >= 0.6 is 0 Å². The standard InChI is InChI=1S/C73H138O6/c1-4-7-10-13-16-19-22-24-26-28-30-32-34-35-36-37-39-40-42-44-46-48-51-54-57-60-63-66-72(75)78-69-70(68-77-71(74)65-62-59-56-53-50-21-18-15-12-9-6-3)79-73(76)67-64-61-58-55-52-49-47-45-43-41-38-33-31-29-27-25-23-20-17-14-11-8-5-2/h23,25,29,31,70H,4-22,24,26-28,30,32-69H2,1-3H3/b25-23-,31-29-. The molecule has 0 rings (SSSR count). The van der Waals surface area contributed by atoms with Gasteiger partial charge in [-0.2, -0.15) is 0 Å². The molecule has 0 aromatic rings. The number of esters is 3. The monoisotopic (exact) mass is 1110 g/mol. The van der Waals surface area contributed by atoms with Crippen molar-refractivity contribution in [3.63, 3.8) is 0 Å². The van der Waals surface area contributed by atoms with Gasteiger partial charge in [-0.05, 0) is 51.4 Å². The SMILES string of the molecule is CCCCCCC/C=C\C/C=C\CCCCCCCCCCCCCC(=O)OC(COC(=O)CCCCCCCCCCCCC)COC(=O)CCCCCCCCCCCCCCCCCCCCCCCCCCCCC. The molecule has 0 saturated heterocycles. The van der Waals surface area contributed by atoms with E-state index in [0.29, 0.717) is 19.3 Å². The Morgan fingerprint density at radius 3 is 0.696 bits per heavy atom. The minimum atomic E-state index is -0.769. The van der Waals surface area contributed by atoms with Crippen LogP contribution in [0.1, 0.15) is 406 Å². The van der Waals surface area contributed by atoms with Crippen LogP contribution in [0.2, 0.25) is 0 Å². The Labute approximate surface area is 493 Å². The van der Waals surface area contributed by atoms with Gasteiger partial charge in [0, 0.05) is 19.3 Å². The number of carbonyl (C=O) groups excluding carboxylic acids is 3. The molecule has 0 saturated carbocycles. The Balaban J connectivity index is 4.15. The lowest BCUT2D eigenvalue weighted by Crippen LogP contribution is -2.30. The lowest BCUT2D eigenvalue weighted by atomic mass is 10.0. The Hall–Kier alpha value is -2.11. The highest BCUT2D eigenvalue weighted by molar-refractivity contribution is 5.71. The molecule has 0 bridgehead atoms. The summed E-state index contributed by atoms with van der Waals surface area (Å²) in [5, 5.41) is 0. The van der Waals surface area contributed by atoms with Crippen molar-refractivity contribution >= 4 is 17.9 Å². The molecule has 0 aliphatic rings. The fraction of sp³-hybridized carbons (Fsp3) is 0.904. The van der Waals surface area contributed by atoms with Crippen molar-refractivity contribution in [3.05, 3.63) is 24.3 Å². The Morgan fingerprint density at radius 2 is 0.456 bits per heavy atom. The molecule has 79 heavy (non-hydrogen) atoms. The predicted octanol–water partition coefficient (Wildman–Crippen LogP) is 24.6. The second kappa shape index (κ2) is 68.4. The summed E-state index contributed by atoms with van der Waals surface area (Å²) in [6.45, 7) is 6.70. The molecule has 0 spiro atoms. The van der Waals surface area contributed by atoms with Gasteiger partial charge in [0.25, 0.3) is 0 Å². The van der Waals surface area contributed by atoms with Crippen LogP contribution in [0.15, 0.2) is 24.3 Å². The molecule has 0 fully saturated rings. The summed E-state index contributed by atoms with van der Waals surface area (Å²) in [5.41, 5.74) is 0. The van der Waals surface area contributed by atoms with E-state index in [2.05, 4.69) is 45.1 Å². The summed E-state index contributed by atoms with van der Waals surface area (Å²) in [6, 6.07) is 0. The molecule has 0 aromatic heterocycles. The van der Waals surface area contributed by atoms with E-state index >= 15 is 0 Å². The second-order valence-electron chi connectivity index (χ2n) is 24.5. The summed E-state index contributed by atoms with van der Waals surface area (Å²) in [6.07, 6.45) is 83.6. The van der Waals surface area contributed by atoms with Crippen molar-refractivity contribution in [1.82, 2.24) is 0 Å². The molecule has 0 radical (unpaired) electrons. The Bertz CT molecular complexity index is 1270. The maximum Gasteiger partial charge on any atom is 0.306 e. The highest BCUT2D eigenvalue weighted by Crippen LogP contribution is 2.19. The maximum atomic E-state index is 12.9. The van der Waals surface area contributed by atoms with Gasteiger partial charge < -0.3 is 14.2 Å². The van der Waals surface area contributed by atoms with Crippen molar-refractivity contribution in [1.29, 1.82) is 0 Å². The lowest BCUT2D eigenvalue weighted by molar-refractivity contribution is -0.167. The smallest absolute Gasteiger partial charge is 0.306 e. The zero-order valence-corrected chi connectivity index (χ0v) is 53.7. The van der Waals surface area contributed by atoms with Crippen LogP contribution in [0.3, 0.4) is 0 Å². The third-order valence-electron chi connectivity index (χ3n) is 16.5. The first-order valence-corrected chi connectivity index (χ1v) is 35.8. The molecule has 0 N–H and O–H groups in total. The summed E-state index contributed by atoms with van der Waals surface area (Å²) in [5.74, 6) is -0.837. The van der Waals surface area contributed by atoms with Crippen molar-refractivity contribution in [2.75, 3.05) is 13.2 Å². The fourth-order valence-corrected chi connectivity index (χ4v) is 11.1. The molecule has 1 atom stereocenters. The minimum absolute atomic E-state index is 0.0654. The number of allylic oxidation sites excluding steroid dienone is 4. The van der Waals surface area contributed by atoms with Crippen molar-refractivity contribution in [2.45, 2.75) is 412 Å². The average molecular weight is 1110 g/mol. The quantitative estimate of drug-likeness (QED) is 0.0261. The van der Waals surface area contributed by atoms with Gasteiger partial charge in [0.15, 0.2) is 6.10 Å². The first-order valence-electron chi connectivity index (χ1n) is 35.8. The van der Waals surface area contributed by atoms with Gasteiger partial charge in [0.2, 0.25) is 0 Å². The number of carbonyl (C=O) groups is 3. The molecule has 0 aliphatic carbocycles. The van der Waals surface area contributed by atoms with Crippen molar-refractivity contribution in [2.24, 2.45) is 0 Å². The molecule has 0 amide bonds. The summed E-state index contributed by atoms with van der Waals surface area (Å²) in [4.78, 5) is 38.4. The Morgan fingerprint density at radius 1 is 0.253 bits per heavy atom. The van der Waals surface area contributed by atoms with E-state index in [0.717, 1.165) is 64.2 Å². The molecule has 1 unspecified atom stereocenters. The van der Waals surface area contributed by atoms with E-state index in [1.807, 2.05) is 0 Å². The number of ether oxygens (including phenoxy) is 3. The van der Waals surface area contributed by atoms with Crippen LogP contribution in [0, 0.1) is 0 Å². The minimum Gasteiger partial charge on any atom is -0.462 e. The highest BCUT2D eigenvalue weighted by atomic mass is 16.6. The zero-order valence-electron chi connectivity index (χ0n) is 53.7. The second-order valence-corrected chi connectivity index (χ2v) is 24.5. The summed E-state index contributed by atoms with van der Waals surface area (Å²) < 4.78 is 17.0. The summed E-state index contributed by atoms with van der Waals surface area (Å²) >= 11 is 0. The molecule has 6 heteroatoms. The predicted molar refractivity (Wildman–Crippen MR) is 344 cm³/mol.